The van der Waals surface area contributed by atoms with Gasteiger partial charge in [0.05, 0.1) is 19.3 Å². The average molecular weight is 421 g/mol. The first-order chi connectivity index (χ1) is 13.6. The van der Waals surface area contributed by atoms with Crippen LogP contribution in [0.25, 0.3) is 0 Å². The summed E-state index contributed by atoms with van der Waals surface area (Å²) in [5.41, 5.74) is 11.0. The van der Waals surface area contributed by atoms with Crippen LogP contribution in [0, 0.1) is 0 Å². The third-order valence-electron chi connectivity index (χ3n) is 4.02. The van der Waals surface area contributed by atoms with Crippen molar-refractivity contribution in [2.45, 2.75) is 56.5 Å². The largest absolute Gasteiger partial charge is 0.480 e. The van der Waals surface area contributed by atoms with Crippen molar-refractivity contribution in [2.24, 2.45) is 11.5 Å². The monoisotopic (exact) mass is 421 g/mol. The molecule has 0 bridgehead atoms. The molecule has 0 fully saturated rings. The fraction of sp³-hybridized carbons (Fsp3) is 0.750. The summed E-state index contributed by atoms with van der Waals surface area (Å²) in [6.45, 7) is -0.0804. The number of rotatable bonds is 14. The third-order valence-corrected chi connectivity index (χ3v) is 4.02. The lowest BCUT2D eigenvalue weighted by Crippen LogP contribution is -2.59. The van der Waals surface area contributed by atoms with E-state index in [2.05, 4.69) is 10.6 Å². The molecule has 0 aliphatic rings. The van der Waals surface area contributed by atoms with Crippen LogP contribution in [0.4, 0.5) is 0 Å². The number of hydrogen-bond donors (Lipinski definition) is 9. The van der Waals surface area contributed by atoms with E-state index in [1.807, 2.05) is 5.32 Å². The Hall–Kier alpha value is -2.32. The molecule has 11 N–H and O–H groups in total. The number of aliphatic hydroxyl groups excluding tert-OH is 3. The summed E-state index contributed by atoms with van der Waals surface area (Å²) < 4.78 is 0. The molecule has 5 atom stereocenters. The van der Waals surface area contributed by atoms with Crippen LogP contribution in [0.15, 0.2) is 0 Å². The Bertz CT molecular complexity index is 559. The van der Waals surface area contributed by atoms with E-state index in [0.29, 0.717) is 19.4 Å². The number of aliphatic carboxylic acids is 1. The first kappa shape index (κ1) is 26.7. The van der Waals surface area contributed by atoms with Crippen molar-refractivity contribution in [1.82, 2.24) is 16.0 Å². The molecule has 13 nitrogen and oxygen atoms in total. The zero-order valence-electron chi connectivity index (χ0n) is 16.2. The first-order valence-corrected chi connectivity index (χ1v) is 9.08. The van der Waals surface area contributed by atoms with Gasteiger partial charge in [-0.2, -0.15) is 0 Å². The fourth-order valence-electron chi connectivity index (χ4n) is 2.17. The molecular weight excluding hydrogens is 390 g/mol. The molecule has 0 aromatic rings. The fourth-order valence-corrected chi connectivity index (χ4v) is 2.17. The summed E-state index contributed by atoms with van der Waals surface area (Å²) in [5, 5.41) is 43.1. The smallest absolute Gasteiger partial charge is 0.328 e. The molecule has 5 unspecified atom stereocenters. The van der Waals surface area contributed by atoms with Gasteiger partial charge < -0.3 is 47.8 Å². The van der Waals surface area contributed by atoms with E-state index in [1.165, 1.54) is 6.92 Å². The first-order valence-electron chi connectivity index (χ1n) is 9.08. The highest BCUT2D eigenvalue weighted by Crippen LogP contribution is 2.03. The molecule has 0 rings (SSSR count). The Morgan fingerprint density at radius 3 is 1.79 bits per heavy atom. The maximum atomic E-state index is 12.5. The Morgan fingerprint density at radius 1 is 0.862 bits per heavy atom. The quantitative estimate of drug-likeness (QED) is 0.121. The average Bonchev–Trinajstić information content (AvgIpc) is 2.67. The molecule has 0 aromatic carbocycles. The Kier molecular flexibility index (Phi) is 12.7. The number of unbranched alkanes of at least 4 members (excludes halogenated alkanes) is 1. The molecule has 0 spiro atoms. The molecule has 3 amide bonds. The summed E-state index contributed by atoms with van der Waals surface area (Å²) in [7, 11) is 0. The second-order valence-corrected chi connectivity index (χ2v) is 6.44. The van der Waals surface area contributed by atoms with Gasteiger partial charge in [-0.3, -0.25) is 14.4 Å². The summed E-state index contributed by atoms with van der Waals surface area (Å²) in [6, 6.07) is -5.54. The minimum atomic E-state index is -1.61. The number of nitrogens with one attached hydrogen (secondary N) is 3. The van der Waals surface area contributed by atoms with E-state index in [-0.39, 0.29) is 6.42 Å². The molecule has 29 heavy (non-hydrogen) atoms. The normalized spacial score (nSPS) is 16.1. The summed E-state index contributed by atoms with van der Waals surface area (Å²) in [5.74, 6) is -4.14. The van der Waals surface area contributed by atoms with Crippen LogP contribution >= 0.6 is 0 Å². The van der Waals surface area contributed by atoms with Gasteiger partial charge in [0.1, 0.15) is 24.2 Å². The number of carboxylic acid groups (broad SMARTS) is 1. The van der Waals surface area contributed by atoms with Crippen LogP contribution < -0.4 is 27.4 Å². The molecule has 0 radical (unpaired) electrons. The number of amides is 3. The predicted molar refractivity (Wildman–Crippen MR) is 100 cm³/mol. The highest BCUT2D eigenvalue weighted by atomic mass is 16.4. The number of carbonyl (C=O) groups is 4. The molecule has 0 saturated carbocycles. The third kappa shape index (κ3) is 9.62. The summed E-state index contributed by atoms with van der Waals surface area (Å²) in [6.07, 6.45) is 0.00343. The van der Waals surface area contributed by atoms with E-state index in [4.69, 9.17) is 21.7 Å². The predicted octanol–water partition coefficient (Wildman–Crippen LogP) is -4.65. The van der Waals surface area contributed by atoms with Crippen LogP contribution in [0.2, 0.25) is 0 Å². The van der Waals surface area contributed by atoms with Crippen molar-refractivity contribution >= 4 is 23.7 Å². The van der Waals surface area contributed by atoms with Gasteiger partial charge in [-0.1, -0.05) is 0 Å². The lowest BCUT2D eigenvalue weighted by molar-refractivity contribution is -0.143. The van der Waals surface area contributed by atoms with Gasteiger partial charge in [-0.15, -0.1) is 0 Å². The van der Waals surface area contributed by atoms with Crippen molar-refractivity contribution in [2.75, 3.05) is 19.8 Å². The van der Waals surface area contributed by atoms with Crippen LogP contribution in [-0.4, -0.2) is 94.1 Å². The highest BCUT2D eigenvalue weighted by molar-refractivity contribution is 5.94. The van der Waals surface area contributed by atoms with Crippen molar-refractivity contribution < 1.29 is 39.6 Å². The molecule has 168 valence electrons. The van der Waals surface area contributed by atoms with Crippen molar-refractivity contribution in [1.29, 1.82) is 0 Å². The topological polar surface area (TPSA) is 237 Å². The summed E-state index contributed by atoms with van der Waals surface area (Å²) >= 11 is 0. The molecule has 0 aromatic heterocycles. The standard InChI is InChI=1S/C16H31N5O8/c1-8(24)12(18)15(27)19-9(4-2-3-5-17)13(25)20-10(6-22)14(26)21-11(7-23)16(28)29/h8-12,22-24H,2-7,17-18H2,1H3,(H,19,27)(H,20,25)(H,21,26)(H,28,29). The van der Waals surface area contributed by atoms with E-state index in [0.717, 1.165) is 0 Å². The van der Waals surface area contributed by atoms with Crippen LogP contribution in [0.5, 0.6) is 0 Å². The van der Waals surface area contributed by atoms with Crippen molar-refractivity contribution in [3.05, 3.63) is 0 Å². The molecule has 0 heterocycles. The van der Waals surface area contributed by atoms with Crippen LogP contribution in [0.3, 0.4) is 0 Å². The van der Waals surface area contributed by atoms with E-state index in [1.54, 1.807) is 0 Å². The lowest BCUT2D eigenvalue weighted by atomic mass is 10.1. The van der Waals surface area contributed by atoms with E-state index >= 15 is 0 Å². The molecule has 0 aliphatic heterocycles. The number of carbonyl (C=O) groups excluding carboxylic acids is 3. The van der Waals surface area contributed by atoms with Crippen LogP contribution in [0.1, 0.15) is 26.2 Å². The van der Waals surface area contributed by atoms with Gasteiger partial charge in [0, 0.05) is 0 Å². The van der Waals surface area contributed by atoms with E-state index in [9.17, 15) is 29.4 Å². The Balaban J connectivity index is 5.15. The van der Waals surface area contributed by atoms with Gasteiger partial charge in [0.2, 0.25) is 17.7 Å². The summed E-state index contributed by atoms with van der Waals surface area (Å²) in [4.78, 5) is 47.5. The second kappa shape index (κ2) is 13.8. The van der Waals surface area contributed by atoms with Gasteiger partial charge in [0.25, 0.3) is 0 Å². The Labute approximate surface area is 167 Å². The number of nitrogens with two attached hydrogens (primary N) is 2. The second-order valence-electron chi connectivity index (χ2n) is 6.44. The molecule has 0 saturated heterocycles. The zero-order chi connectivity index (χ0) is 22.6. The SMILES string of the molecule is CC(O)C(N)C(=O)NC(CCCCN)C(=O)NC(CO)C(=O)NC(CO)C(=O)O. The highest BCUT2D eigenvalue weighted by Gasteiger charge is 2.30. The zero-order valence-corrected chi connectivity index (χ0v) is 16.2. The van der Waals surface area contributed by atoms with Gasteiger partial charge in [0.15, 0.2) is 0 Å². The maximum absolute atomic E-state index is 12.5. The maximum Gasteiger partial charge on any atom is 0.328 e. The number of carboxylic acids is 1. The van der Waals surface area contributed by atoms with E-state index < -0.39 is 67.2 Å². The van der Waals surface area contributed by atoms with Crippen molar-refractivity contribution in [3.63, 3.8) is 0 Å². The van der Waals surface area contributed by atoms with Gasteiger partial charge in [-0.05, 0) is 32.7 Å². The van der Waals surface area contributed by atoms with Crippen LogP contribution in [-0.2, 0) is 19.2 Å². The number of aliphatic hydroxyl groups is 3. The van der Waals surface area contributed by atoms with Crippen molar-refractivity contribution in [3.8, 4) is 0 Å². The molecule has 0 aliphatic carbocycles. The van der Waals surface area contributed by atoms with Gasteiger partial charge in [-0.25, -0.2) is 4.79 Å². The minimum absolute atomic E-state index is 0.148. The van der Waals surface area contributed by atoms with Gasteiger partial charge >= 0.3 is 5.97 Å². The molecular formula is C16H31N5O8. The lowest BCUT2D eigenvalue weighted by Gasteiger charge is -2.24. The Morgan fingerprint density at radius 2 is 1.34 bits per heavy atom. The molecule has 13 heteroatoms. The number of hydrogen-bond acceptors (Lipinski definition) is 9. The minimum Gasteiger partial charge on any atom is -0.480 e.